The van der Waals surface area contributed by atoms with Gasteiger partial charge in [-0.15, -0.1) is 0 Å². The number of carbonyl (C=O) groups is 2. The molecular weight excluding hydrogens is 244 g/mol. The molecule has 0 fully saturated rings. The molecule has 1 atom stereocenters. The molecule has 0 aliphatic rings. The van der Waals surface area contributed by atoms with Crippen LogP contribution >= 0.6 is 0 Å². The Morgan fingerprint density at radius 3 is 2.53 bits per heavy atom. The van der Waals surface area contributed by atoms with Gasteiger partial charge < -0.3 is 15.0 Å². The Morgan fingerprint density at radius 1 is 1.32 bits per heavy atom. The van der Waals surface area contributed by atoms with Crippen LogP contribution in [0.5, 0.6) is 0 Å². The van der Waals surface area contributed by atoms with Crippen molar-refractivity contribution in [2.75, 3.05) is 20.6 Å². The van der Waals surface area contributed by atoms with Crippen molar-refractivity contribution in [3.63, 3.8) is 0 Å². The van der Waals surface area contributed by atoms with E-state index in [0.29, 0.717) is 6.61 Å². The maximum atomic E-state index is 11.9. The summed E-state index contributed by atoms with van der Waals surface area (Å²) in [5, 5.41) is 2.47. The van der Waals surface area contributed by atoms with Gasteiger partial charge in [-0.05, 0) is 12.5 Å². The highest BCUT2D eigenvalue weighted by molar-refractivity contribution is 5.86. The monoisotopic (exact) mass is 264 g/mol. The fourth-order valence-corrected chi connectivity index (χ4v) is 1.55. The molecule has 0 radical (unpaired) electrons. The molecule has 1 aromatic carbocycles. The van der Waals surface area contributed by atoms with Crippen LogP contribution in [0.25, 0.3) is 0 Å². The van der Waals surface area contributed by atoms with Crippen LogP contribution in [0.15, 0.2) is 30.3 Å². The largest absolute Gasteiger partial charge is 0.364 e. The average molecular weight is 264 g/mol. The zero-order valence-corrected chi connectivity index (χ0v) is 11.6. The van der Waals surface area contributed by atoms with Crippen molar-refractivity contribution in [3.8, 4) is 0 Å². The first-order valence-corrected chi connectivity index (χ1v) is 6.15. The van der Waals surface area contributed by atoms with Gasteiger partial charge >= 0.3 is 0 Å². The Morgan fingerprint density at radius 2 is 1.95 bits per heavy atom. The molecule has 5 heteroatoms. The maximum absolute atomic E-state index is 11.9. The number of amides is 2. The Bertz CT molecular complexity index is 420. The number of hydrogen-bond donors (Lipinski definition) is 1. The number of nitrogens with zero attached hydrogens (tertiary/aromatic N) is 1. The molecule has 0 bridgehead atoms. The molecule has 19 heavy (non-hydrogen) atoms. The fraction of sp³-hybridized carbons (Fsp3) is 0.429. The highest BCUT2D eigenvalue weighted by Gasteiger charge is 2.19. The third-order valence-electron chi connectivity index (χ3n) is 2.73. The van der Waals surface area contributed by atoms with Gasteiger partial charge in [0, 0.05) is 14.1 Å². The van der Waals surface area contributed by atoms with Crippen molar-refractivity contribution < 1.29 is 14.3 Å². The number of likely N-dealkylation sites (N-methyl/N-ethyl adjacent to an activating group) is 2. The SMILES string of the molecule is CNC(=O)CN(C)C(=O)[C@@H](C)OCc1ccccc1. The van der Waals surface area contributed by atoms with E-state index in [1.807, 2.05) is 30.3 Å². The summed E-state index contributed by atoms with van der Waals surface area (Å²) >= 11 is 0. The van der Waals surface area contributed by atoms with Gasteiger partial charge in [-0.25, -0.2) is 0 Å². The third kappa shape index (κ3) is 5.09. The molecule has 1 aromatic rings. The minimum absolute atomic E-state index is 0.0361. The Labute approximate surface area is 113 Å². The number of hydrogen-bond acceptors (Lipinski definition) is 3. The first-order chi connectivity index (χ1) is 9.04. The molecule has 2 amide bonds. The summed E-state index contributed by atoms with van der Waals surface area (Å²) in [6.07, 6.45) is -0.574. The molecular formula is C14H20N2O3. The summed E-state index contributed by atoms with van der Waals surface area (Å²) in [5.74, 6) is -0.411. The van der Waals surface area contributed by atoms with Gasteiger partial charge in [0.2, 0.25) is 5.91 Å². The van der Waals surface area contributed by atoms with Crippen LogP contribution in [-0.4, -0.2) is 43.5 Å². The molecule has 0 spiro atoms. The van der Waals surface area contributed by atoms with Crippen LogP contribution in [0.4, 0.5) is 0 Å². The van der Waals surface area contributed by atoms with Crippen LogP contribution in [-0.2, 0) is 20.9 Å². The number of nitrogens with one attached hydrogen (secondary N) is 1. The molecule has 5 nitrogen and oxygen atoms in total. The highest BCUT2D eigenvalue weighted by atomic mass is 16.5. The lowest BCUT2D eigenvalue weighted by atomic mass is 10.2. The lowest BCUT2D eigenvalue weighted by Crippen LogP contribution is -2.41. The molecule has 0 saturated carbocycles. The molecule has 0 heterocycles. The van der Waals surface area contributed by atoms with Crippen LogP contribution in [0.3, 0.4) is 0 Å². The second kappa shape index (κ2) is 7.53. The zero-order valence-electron chi connectivity index (χ0n) is 11.6. The lowest BCUT2D eigenvalue weighted by Gasteiger charge is -2.20. The summed E-state index contributed by atoms with van der Waals surface area (Å²) in [7, 11) is 3.12. The van der Waals surface area contributed by atoms with Crippen molar-refractivity contribution in [2.24, 2.45) is 0 Å². The third-order valence-corrected chi connectivity index (χ3v) is 2.73. The minimum Gasteiger partial charge on any atom is -0.364 e. The van der Waals surface area contributed by atoms with Crippen LogP contribution < -0.4 is 5.32 Å². The summed E-state index contributed by atoms with van der Waals surface area (Å²) in [6.45, 7) is 2.10. The lowest BCUT2D eigenvalue weighted by molar-refractivity contribution is -0.144. The standard InChI is InChI=1S/C14H20N2O3/c1-11(14(18)16(3)9-13(17)15-2)19-10-12-7-5-4-6-8-12/h4-8,11H,9-10H2,1-3H3,(H,15,17)/t11-/m1/s1. The molecule has 0 aromatic heterocycles. The van der Waals surface area contributed by atoms with Crippen molar-refractivity contribution in [1.29, 1.82) is 0 Å². The van der Waals surface area contributed by atoms with E-state index < -0.39 is 6.10 Å². The quantitative estimate of drug-likeness (QED) is 0.826. The molecule has 0 saturated heterocycles. The van der Waals surface area contributed by atoms with Crippen molar-refractivity contribution in [1.82, 2.24) is 10.2 Å². The van der Waals surface area contributed by atoms with Gasteiger partial charge in [0.1, 0.15) is 6.10 Å². The predicted octanol–water partition coefficient (Wildman–Crippen LogP) is 0.796. The van der Waals surface area contributed by atoms with E-state index in [9.17, 15) is 9.59 Å². The topological polar surface area (TPSA) is 58.6 Å². The molecule has 0 aliphatic carbocycles. The van der Waals surface area contributed by atoms with Gasteiger partial charge in [0.05, 0.1) is 13.2 Å². The normalized spacial score (nSPS) is 11.7. The predicted molar refractivity (Wildman–Crippen MR) is 72.4 cm³/mol. The number of carbonyl (C=O) groups excluding carboxylic acids is 2. The Balaban J connectivity index is 2.42. The van der Waals surface area contributed by atoms with E-state index in [0.717, 1.165) is 5.56 Å². The second-order valence-corrected chi connectivity index (χ2v) is 4.31. The van der Waals surface area contributed by atoms with Crippen LogP contribution in [0.2, 0.25) is 0 Å². The minimum atomic E-state index is -0.574. The van der Waals surface area contributed by atoms with Gasteiger partial charge in [-0.2, -0.15) is 0 Å². The summed E-state index contributed by atoms with van der Waals surface area (Å²) in [6, 6.07) is 9.64. The van der Waals surface area contributed by atoms with Gasteiger partial charge in [-0.1, -0.05) is 30.3 Å². The van der Waals surface area contributed by atoms with Crippen LogP contribution in [0, 0.1) is 0 Å². The first-order valence-electron chi connectivity index (χ1n) is 6.15. The fourth-order valence-electron chi connectivity index (χ4n) is 1.55. The van der Waals surface area contributed by atoms with E-state index in [1.54, 1.807) is 14.0 Å². The molecule has 104 valence electrons. The first kappa shape index (κ1) is 15.2. The highest BCUT2D eigenvalue weighted by Crippen LogP contribution is 2.05. The van der Waals surface area contributed by atoms with Gasteiger partial charge in [-0.3, -0.25) is 9.59 Å². The van der Waals surface area contributed by atoms with E-state index in [2.05, 4.69) is 5.32 Å². The zero-order chi connectivity index (χ0) is 14.3. The van der Waals surface area contributed by atoms with E-state index in [-0.39, 0.29) is 18.4 Å². The summed E-state index contributed by atoms with van der Waals surface area (Å²) in [4.78, 5) is 24.5. The van der Waals surface area contributed by atoms with Gasteiger partial charge in [0.15, 0.2) is 0 Å². The number of rotatable bonds is 6. The van der Waals surface area contributed by atoms with Crippen LogP contribution in [0.1, 0.15) is 12.5 Å². The Kier molecular flexibility index (Phi) is 6.02. The number of benzene rings is 1. The van der Waals surface area contributed by atoms with E-state index >= 15 is 0 Å². The Hall–Kier alpha value is -1.88. The molecule has 0 unspecified atom stereocenters. The number of ether oxygens (including phenoxy) is 1. The average Bonchev–Trinajstić information content (AvgIpc) is 2.44. The summed E-state index contributed by atoms with van der Waals surface area (Å²) in [5.41, 5.74) is 1.01. The van der Waals surface area contributed by atoms with Gasteiger partial charge in [0.25, 0.3) is 5.91 Å². The molecule has 0 aliphatic heterocycles. The van der Waals surface area contributed by atoms with Crippen molar-refractivity contribution in [2.45, 2.75) is 19.6 Å². The van der Waals surface area contributed by atoms with Crippen molar-refractivity contribution in [3.05, 3.63) is 35.9 Å². The molecule has 1 rings (SSSR count). The van der Waals surface area contributed by atoms with Crippen molar-refractivity contribution >= 4 is 11.8 Å². The van der Waals surface area contributed by atoms with E-state index in [4.69, 9.17) is 4.74 Å². The molecule has 1 N–H and O–H groups in total. The summed E-state index contributed by atoms with van der Waals surface area (Å²) < 4.78 is 5.50. The maximum Gasteiger partial charge on any atom is 0.251 e. The van der Waals surface area contributed by atoms with E-state index in [1.165, 1.54) is 11.9 Å². The smallest absolute Gasteiger partial charge is 0.251 e. The second-order valence-electron chi connectivity index (χ2n) is 4.31.